The average Bonchev–Trinajstić information content (AvgIpc) is 2.50. The SMILES string of the molecule is CNCC1CCCN(C(=O)CCSc2ccccc2Cl)C1. The third-order valence-electron chi connectivity index (χ3n) is 3.77. The first-order valence-corrected chi connectivity index (χ1v) is 8.86. The van der Waals surface area contributed by atoms with Gasteiger partial charge in [0.25, 0.3) is 0 Å². The van der Waals surface area contributed by atoms with Gasteiger partial charge in [-0.3, -0.25) is 4.79 Å². The van der Waals surface area contributed by atoms with E-state index in [1.54, 1.807) is 11.8 Å². The van der Waals surface area contributed by atoms with E-state index >= 15 is 0 Å². The Morgan fingerprint density at radius 3 is 3.05 bits per heavy atom. The van der Waals surface area contributed by atoms with Crippen molar-refractivity contribution < 1.29 is 4.79 Å². The summed E-state index contributed by atoms with van der Waals surface area (Å²) in [5, 5.41) is 3.98. The van der Waals surface area contributed by atoms with Gasteiger partial charge in [-0.2, -0.15) is 0 Å². The normalized spacial score (nSPS) is 18.8. The van der Waals surface area contributed by atoms with Gasteiger partial charge in [0.1, 0.15) is 0 Å². The maximum atomic E-state index is 12.3. The number of benzene rings is 1. The van der Waals surface area contributed by atoms with Gasteiger partial charge in [-0.25, -0.2) is 0 Å². The molecule has 0 aliphatic carbocycles. The molecular formula is C16H23ClN2OS. The fourth-order valence-electron chi connectivity index (χ4n) is 2.72. The zero-order valence-electron chi connectivity index (χ0n) is 12.5. The predicted octanol–water partition coefficient (Wildman–Crippen LogP) is 3.28. The highest BCUT2D eigenvalue weighted by atomic mass is 35.5. The molecule has 0 radical (unpaired) electrons. The summed E-state index contributed by atoms with van der Waals surface area (Å²) in [4.78, 5) is 15.4. The summed E-state index contributed by atoms with van der Waals surface area (Å²) in [7, 11) is 1.97. The fraction of sp³-hybridized carbons (Fsp3) is 0.562. The average molecular weight is 327 g/mol. The van der Waals surface area contributed by atoms with Gasteiger partial charge in [0.2, 0.25) is 5.91 Å². The molecule has 0 spiro atoms. The van der Waals surface area contributed by atoms with Crippen molar-refractivity contribution in [2.45, 2.75) is 24.2 Å². The van der Waals surface area contributed by atoms with Crippen molar-refractivity contribution in [1.82, 2.24) is 10.2 Å². The number of nitrogens with zero attached hydrogens (tertiary/aromatic N) is 1. The van der Waals surface area contributed by atoms with Crippen LogP contribution in [0.2, 0.25) is 5.02 Å². The van der Waals surface area contributed by atoms with Crippen LogP contribution in [-0.2, 0) is 4.79 Å². The van der Waals surface area contributed by atoms with E-state index in [-0.39, 0.29) is 5.91 Å². The molecule has 3 nitrogen and oxygen atoms in total. The molecule has 1 atom stereocenters. The van der Waals surface area contributed by atoms with E-state index in [0.29, 0.717) is 12.3 Å². The second-order valence-corrected chi connectivity index (χ2v) is 6.98. The number of likely N-dealkylation sites (tertiary alicyclic amines) is 1. The van der Waals surface area contributed by atoms with Gasteiger partial charge in [0.15, 0.2) is 0 Å². The minimum atomic E-state index is 0.273. The number of piperidine rings is 1. The number of halogens is 1. The van der Waals surface area contributed by atoms with Gasteiger partial charge in [-0.15, -0.1) is 11.8 Å². The first-order chi connectivity index (χ1) is 10.2. The van der Waals surface area contributed by atoms with Crippen molar-refractivity contribution in [1.29, 1.82) is 0 Å². The summed E-state index contributed by atoms with van der Waals surface area (Å²) in [5.41, 5.74) is 0. The van der Waals surface area contributed by atoms with E-state index in [4.69, 9.17) is 11.6 Å². The molecule has 1 N–H and O–H groups in total. The molecule has 0 saturated carbocycles. The fourth-order valence-corrected chi connectivity index (χ4v) is 3.89. The van der Waals surface area contributed by atoms with Gasteiger partial charge in [-0.05, 0) is 44.5 Å². The number of carbonyl (C=O) groups is 1. The van der Waals surface area contributed by atoms with Crippen molar-refractivity contribution in [3.63, 3.8) is 0 Å². The molecule has 1 aromatic carbocycles. The summed E-state index contributed by atoms with van der Waals surface area (Å²) in [6.07, 6.45) is 2.93. The van der Waals surface area contributed by atoms with Crippen LogP contribution < -0.4 is 5.32 Å². The number of thioether (sulfide) groups is 1. The second-order valence-electron chi connectivity index (χ2n) is 5.43. The lowest BCUT2D eigenvalue weighted by atomic mass is 9.98. The Bertz CT molecular complexity index is 467. The molecule has 1 fully saturated rings. The molecular weight excluding hydrogens is 304 g/mol. The summed E-state index contributed by atoms with van der Waals surface area (Å²) in [5.74, 6) is 1.66. The molecule has 1 unspecified atom stereocenters. The van der Waals surface area contributed by atoms with E-state index in [9.17, 15) is 4.79 Å². The molecule has 1 heterocycles. The van der Waals surface area contributed by atoms with Crippen molar-refractivity contribution in [3.8, 4) is 0 Å². The lowest BCUT2D eigenvalue weighted by Crippen LogP contribution is -2.42. The number of hydrogen-bond donors (Lipinski definition) is 1. The van der Waals surface area contributed by atoms with Gasteiger partial charge >= 0.3 is 0 Å². The highest BCUT2D eigenvalue weighted by Gasteiger charge is 2.22. The molecule has 1 aromatic rings. The molecule has 1 amide bonds. The number of amides is 1. The summed E-state index contributed by atoms with van der Waals surface area (Å²) < 4.78 is 0. The largest absolute Gasteiger partial charge is 0.342 e. The van der Waals surface area contributed by atoms with E-state index in [1.165, 1.54) is 6.42 Å². The van der Waals surface area contributed by atoms with Crippen LogP contribution in [0.3, 0.4) is 0 Å². The lowest BCUT2D eigenvalue weighted by Gasteiger charge is -2.32. The van der Waals surface area contributed by atoms with E-state index < -0.39 is 0 Å². The highest BCUT2D eigenvalue weighted by Crippen LogP contribution is 2.27. The van der Waals surface area contributed by atoms with E-state index in [0.717, 1.165) is 41.7 Å². The molecule has 2 rings (SSSR count). The first kappa shape index (κ1) is 16.7. The number of carbonyl (C=O) groups excluding carboxylic acids is 1. The van der Waals surface area contributed by atoms with Gasteiger partial charge in [0.05, 0.1) is 5.02 Å². The van der Waals surface area contributed by atoms with Crippen LogP contribution >= 0.6 is 23.4 Å². The lowest BCUT2D eigenvalue weighted by molar-refractivity contribution is -0.132. The minimum absolute atomic E-state index is 0.273. The van der Waals surface area contributed by atoms with Crippen LogP contribution in [0.4, 0.5) is 0 Å². The monoisotopic (exact) mass is 326 g/mol. The number of hydrogen-bond acceptors (Lipinski definition) is 3. The van der Waals surface area contributed by atoms with E-state index in [2.05, 4.69) is 5.32 Å². The second kappa shape index (κ2) is 8.66. The Kier molecular flexibility index (Phi) is 6.87. The summed E-state index contributed by atoms with van der Waals surface area (Å²) in [6, 6.07) is 7.79. The van der Waals surface area contributed by atoms with Crippen LogP contribution in [0, 0.1) is 5.92 Å². The van der Waals surface area contributed by atoms with Crippen molar-refractivity contribution in [2.24, 2.45) is 5.92 Å². The number of nitrogens with one attached hydrogen (secondary N) is 1. The number of rotatable bonds is 6. The predicted molar refractivity (Wildman–Crippen MR) is 90.0 cm³/mol. The van der Waals surface area contributed by atoms with Gasteiger partial charge in [0, 0.05) is 30.2 Å². The van der Waals surface area contributed by atoms with Crippen LogP contribution in [0.1, 0.15) is 19.3 Å². The smallest absolute Gasteiger partial charge is 0.223 e. The Hall–Kier alpha value is -0.710. The highest BCUT2D eigenvalue weighted by molar-refractivity contribution is 7.99. The minimum Gasteiger partial charge on any atom is -0.342 e. The zero-order valence-corrected chi connectivity index (χ0v) is 14.1. The molecule has 5 heteroatoms. The molecule has 116 valence electrons. The summed E-state index contributed by atoms with van der Waals surface area (Å²) in [6.45, 7) is 2.81. The van der Waals surface area contributed by atoms with Crippen molar-refractivity contribution >= 4 is 29.3 Å². The standard InChI is InChI=1S/C16H23ClN2OS/c1-18-11-13-5-4-9-19(12-13)16(20)8-10-21-15-7-3-2-6-14(15)17/h2-3,6-7,13,18H,4-5,8-12H2,1H3. The quantitative estimate of drug-likeness (QED) is 0.814. The molecule has 21 heavy (non-hydrogen) atoms. The van der Waals surface area contributed by atoms with Crippen LogP contribution in [0.25, 0.3) is 0 Å². The molecule has 0 aromatic heterocycles. The molecule has 1 aliphatic rings. The maximum Gasteiger partial charge on any atom is 0.223 e. The Balaban J connectivity index is 1.75. The Labute approximate surface area is 136 Å². The molecule has 0 bridgehead atoms. The Morgan fingerprint density at radius 1 is 1.48 bits per heavy atom. The van der Waals surface area contributed by atoms with Gasteiger partial charge < -0.3 is 10.2 Å². The zero-order chi connectivity index (χ0) is 15.1. The van der Waals surface area contributed by atoms with Crippen LogP contribution in [-0.4, -0.2) is 43.2 Å². The van der Waals surface area contributed by atoms with Gasteiger partial charge in [-0.1, -0.05) is 23.7 Å². The third kappa shape index (κ3) is 5.20. The van der Waals surface area contributed by atoms with Crippen molar-refractivity contribution in [3.05, 3.63) is 29.3 Å². The maximum absolute atomic E-state index is 12.3. The van der Waals surface area contributed by atoms with E-state index in [1.807, 2.05) is 36.2 Å². The summed E-state index contributed by atoms with van der Waals surface area (Å²) >= 11 is 7.78. The Morgan fingerprint density at radius 2 is 2.29 bits per heavy atom. The van der Waals surface area contributed by atoms with Crippen LogP contribution in [0.5, 0.6) is 0 Å². The molecule has 1 saturated heterocycles. The third-order valence-corrected chi connectivity index (χ3v) is 5.29. The van der Waals surface area contributed by atoms with Crippen molar-refractivity contribution in [2.75, 3.05) is 32.4 Å². The first-order valence-electron chi connectivity index (χ1n) is 7.50. The van der Waals surface area contributed by atoms with Crippen LogP contribution in [0.15, 0.2) is 29.2 Å². The molecule has 1 aliphatic heterocycles. The topological polar surface area (TPSA) is 32.3 Å².